The van der Waals surface area contributed by atoms with Gasteiger partial charge in [0.05, 0.1) is 9.92 Å². The Morgan fingerprint density at radius 1 is 1.36 bits per heavy atom. The van der Waals surface area contributed by atoms with Gasteiger partial charge in [-0.1, -0.05) is 11.6 Å². The lowest BCUT2D eigenvalue weighted by atomic mass is 10.4. The third-order valence-electron chi connectivity index (χ3n) is 1.38. The highest BCUT2D eigenvalue weighted by atomic mass is 35.5. The minimum absolute atomic E-state index is 0.151. The monoisotopic (exact) mass is 256 g/mol. The van der Waals surface area contributed by atoms with Crippen LogP contribution >= 0.6 is 11.6 Å². The minimum Gasteiger partial charge on any atom is -0.302 e. The Bertz CT molecular complexity index is 481. The molecule has 0 aliphatic carbocycles. The van der Waals surface area contributed by atoms with Crippen LogP contribution in [0, 0.1) is 0 Å². The lowest BCUT2D eigenvalue weighted by molar-refractivity contribution is 0.483. The van der Waals surface area contributed by atoms with Crippen LogP contribution in [-0.2, 0) is 21.2 Å². The summed E-state index contributed by atoms with van der Waals surface area (Å²) in [6.07, 6.45) is 0. The van der Waals surface area contributed by atoms with Crippen molar-refractivity contribution in [3.63, 3.8) is 0 Å². The van der Waals surface area contributed by atoms with Gasteiger partial charge in [0, 0.05) is 0 Å². The van der Waals surface area contributed by atoms with Gasteiger partial charge in [-0.3, -0.25) is 4.55 Å². The summed E-state index contributed by atoms with van der Waals surface area (Å²) in [5.41, 5.74) is 0. The summed E-state index contributed by atoms with van der Waals surface area (Å²) in [7, 11) is -4.47. The van der Waals surface area contributed by atoms with Crippen LogP contribution in [0.4, 0.5) is 0 Å². The lowest BCUT2D eigenvalue weighted by Crippen LogP contribution is -2.00. The molecule has 2 N–H and O–H groups in total. The highest BCUT2D eigenvalue weighted by molar-refractivity contribution is 7.86. The Morgan fingerprint density at radius 3 is 2.36 bits per heavy atom. The molecular formula is C6H5ClO5S2. The zero-order valence-electron chi connectivity index (χ0n) is 6.55. The van der Waals surface area contributed by atoms with Crippen molar-refractivity contribution in [2.45, 2.75) is 9.79 Å². The Labute approximate surface area is 87.7 Å². The van der Waals surface area contributed by atoms with E-state index in [0.29, 0.717) is 0 Å². The summed E-state index contributed by atoms with van der Waals surface area (Å²) >= 11 is 3.15. The van der Waals surface area contributed by atoms with Crippen LogP contribution in [0.5, 0.6) is 0 Å². The van der Waals surface area contributed by atoms with Gasteiger partial charge in [0.15, 0.2) is 11.1 Å². The summed E-state index contributed by atoms with van der Waals surface area (Å²) in [5.74, 6) is 0. The molecule has 1 unspecified atom stereocenters. The zero-order chi connectivity index (χ0) is 10.9. The van der Waals surface area contributed by atoms with Crippen LogP contribution < -0.4 is 0 Å². The third-order valence-corrected chi connectivity index (χ3v) is 3.37. The Morgan fingerprint density at radius 2 is 1.93 bits per heavy atom. The fourth-order valence-corrected chi connectivity index (χ4v) is 2.27. The van der Waals surface area contributed by atoms with Gasteiger partial charge in [-0.25, -0.2) is 4.21 Å². The van der Waals surface area contributed by atoms with Crippen molar-refractivity contribution in [1.82, 2.24) is 0 Å². The molecule has 0 aliphatic rings. The van der Waals surface area contributed by atoms with Crippen LogP contribution in [0.2, 0.25) is 5.02 Å². The van der Waals surface area contributed by atoms with Crippen LogP contribution in [-0.4, -0.2) is 21.7 Å². The van der Waals surface area contributed by atoms with Gasteiger partial charge in [-0.2, -0.15) is 8.42 Å². The molecule has 0 amide bonds. The first-order valence-electron chi connectivity index (χ1n) is 3.20. The Balaban J connectivity index is 3.44. The molecule has 1 aromatic carbocycles. The van der Waals surface area contributed by atoms with Crippen molar-refractivity contribution in [3.8, 4) is 0 Å². The van der Waals surface area contributed by atoms with Gasteiger partial charge >= 0.3 is 0 Å². The first-order chi connectivity index (χ1) is 6.32. The summed E-state index contributed by atoms with van der Waals surface area (Å²) in [6, 6.07) is 3.15. The highest BCUT2D eigenvalue weighted by Crippen LogP contribution is 2.23. The van der Waals surface area contributed by atoms with E-state index in [1.165, 1.54) is 6.07 Å². The van der Waals surface area contributed by atoms with Gasteiger partial charge in [0.25, 0.3) is 10.1 Å². The number of benzene rings is 1. The van der Waals surface area contributed by atoms with E-state index >= 15 is 0 Å². The minimum atomic E-state index is -4.47. The normalized spacial score (nSPS) is 13.9. The molecule has 0 saturated carbocycles. The summed E-state index contributed by atoms with van der Waals surface area (Å²) in [5, 5.41) is -0.207. The average Bonchev–Trinajstić information content (AvgIpc) is 2.02. The van der Waals surface area contributed by atoms with Crippen molar-refractivity contribution in [3.05, 3.63) is 23.2 Å². The predicted octanol–water partition coefficient (Wildman–Crippen LogP) is 1.17. The number of rotatable bonds is 2. The predicted molar refractivity (Wildman–Crippen MR) is 50.3 cm³/mol. The quantitative estimate of drug-likeness (QED) is 0.612. The SMILES string of the molecule is O=S(O)c1ccc(Cl)c(S(=O)(=O)O)c1. The second-order valence-corrected chi connectivity index (χ2v) is 5.08. The molecule has 1 atom stereocenters. The van der Waals surface area contributed by atoms with Gasteiger partial charge in [0.2, 0.25) is 0 Å². The van der Waals surface area contributed by atoms with Crippen molar-refractivity contribution >= 4 is 32.8 Å². The molecule has 0 bridgehead atoms. The molecule has 0 radical (unpaired) electrons. The fraction of sp³-hybridized carbons (Fsp3) is 0. The fourth-order valence-electron chi connectivity index (χ4n) is 0.790. The zero-order valence-corrected chi connectivity index (χ0v) is 8.93. The molecule has 78 valence electrons. The molecule has 0 saturated heterocycles. The van der Waals surface area contributed by atoms with E-state index in [2.05, 4.69) is 0 Å². The van der Waals surface area contributed by atoms with Crippen molar-refractivity contribution in [2.75, 3.05) is 0 Å². The summed E-state index contributed by atoms with van der Waals surface area (Å²) < 4.78 is 49.4. The molecule has 0 spiro atoms. The standard InChI is InChI=1S/C6H5ClO5S2/c7-5-2-1-4(13(8)9)3-6(5)14(10,11)12/h1-3H,(H,8,9)(H,10,11,12). The highest BCUT2D eigenvalue weighted by Gasteiger charge is 2.16. The number of hydrogen-bond donors (Lipinski definition) is 2. The summed E-state index contributed by atoms with van der Waals surface area (Å²) in [4.78, 5) is -0.735. The van der Waals surface area contributed by atoms with Gasteiger partial charge < -0.3 is 4.55 Å². The molecule has 8 heteroatoms. The maximum Gasteiger partial charge on any atom is 0.296 e. The van der Waals surface area contributed by atoms with E-state index in [1.54, 1.807) is 0 Å². The average molecular weight is 257 g/mol. The van der Waals surface area contributed by atoms with Gasteiger partial charge in [-0.05, 0) is 18.2 Å². The van der Waals surface area contributed by atoms with E-state index in [4.69, 9.17) is 20.7 Å². The number of halogens is 1. The second kappa shape index (κ2) is 3.95. The first kappa shape index (κ1) is 11.6. The van der Waals surface area contributed by atoms with Crippen LogP contribution in [0.1, 0.15) is 0 Å². The van der Waals surface area contributed by atoms with Gasteiger partial charge in [0.1, 0.15) is 4.90 Å². The maximum atomic E-state index is 10.7. The molecule has 0 fully saturated rings. The van der Waals surface area contributed by atoms with E-state index in [9.17, 15) is 12.6 Å². The van der Waals surface area contributed by atoms with E-state index in [-0.39, 0.29) is 9.92 Å². The Kier molecular flexibility index (Phi) is 3.28. The smallest absolute Gasteiger partial charge is 0.296 e. The van der Waals surface area contributed by atoms with Crippen molar-refractivity contribution in [1.29, 1.82) is 0 Å². The van der Waals surface area contributed by atoms with Crippen LogP contribution in [0.3, 0.4) is 0 Å². The molecule has 0 aliphatic heterocycles. The number of hydrogen-bond acceptors (Lipinski definition) is 3. The summed E-state index contributed by atoms with van der Waals surface area (Å²) in [6.45, 7) is 0. The molecular weight excluding hydrogens is 252 g/mol. The molecule has 14 heavy (non-hydrogen) atoms. The van der Waals surface area contributed by atoms with Crippen LogP contribution in [0.25, 0.3) is 0 Å². The lowest BCUT2D eigenvalue weighted by Gasteiger charge is -2.01. The van der Waals surface area contributed by atoms with E-state index < -0.39 is 26.1 Å². The van der Waals surface area contributed by atoms with Crippen molar-refractivity contribution in [2.24, 2.45) is 0 Å². The third kappa shape index (κ3) is 2.52. The molecule has 1 aromatic rings. The first-order valence-corrected chi connectivity index (χ1v) is 6.13. The molecule has 0 aromatic heterocycles. The van der Waals surface area contributed by atoms with E-state index in [1.807, 2.05) is 0 Å². The molecule has 5 nitrogen and oxygen atoms in total. The topological polar surface area (TPSA) is 91.7 Å². The Hall–Kier alpha value is -0.470. The molecule has 0 heterocycles. The maximum absolute atomic E-state index is 10.7. The van der Waals surface area contributed by atoms with Crippen LogP contribution in [0.15, 0.2) is 28.0 Å². The van der Waals surface area contributed by atoms with Gasteiger partial charge in [-0.15, -0.1) is 0 Å². The van der Waals surface area contributed by atoms with E-state index in [0.717, 1.165) is 12.1 Å². The van der Waals surface area contributed by atoms with Crippen molar-refractivity contribution < 1.29 is 21.7 Å². The largest absolute Gasteiger partial charge is 0.302 e. The molecule has 1 rings (SSSR count). The second-order valence-electron chi connectivity index (χ2n) is 2.32.